The van der Waals surface area contributed by atoms with Crippen molar-refractivity contribution in [3.63, 3.8) is 0 Å². The van der Waals surface area contributed by atoms with Gasteiger partial charge in [-0.3, -0.25) is 13.6 Å². The standard InChI is InChI=1S/C35H33BF2N2/c1-22(20-33-23(2)19-24(3)40(33)36(37)38)25(4)34(26(5)39-6)27-15-17-28(18-16-27)35-31-13-9-7-11-29(31)21-30-12-8-10-14-32(30)35/h7-21H,1-6H3/b22-20+,34-25+,39-26?. The Bertz CT molecular complexity index is 1770. The minimum absolute atomic E-state index is 0.535. The molecule has 0 saturated carbocycles. The van der Waals surface area contributed by atoms with Crippen LogP contribution in [0.15, 0.2) is 101 Å². The smallest absolute Gasteiger partial charge is 0.329 e. The number of hydrogen-bond donors (Lipinski definition) is 0. The van der Waals surface area contributed by atoms with Crippen molar-refractivity contribution in [2.45, 2.75) is 34.6 Å². The molecule has 0 aliphatic rings. The molecule has 5 rings (SSSR count). The van der Waals surface area contributed by atoms with Crippen LogP contribution in [0.2, 0.25) is 0 Å². The first-order chi connectivity index (χ1) is 19.2. The van der Waals surface area contributed by atoms with Crippen LogP contribution in [-0.2, 0) is 0 Å². The molecule has 4 aromatic carbocycles. The van der Waals surface area contributed by atoms with Crippen LogP contribution in [0.4, 0.5) is 8.63 Å². The molecule has 0 amide bonds. The third-order valence-corrected chi connectivity index (χ3v) is 7.91. The molecule has 0 aliphatic carbocycles. The Hall–Kier alpha value is -4.25. The Balaban J connectivity index is 1.64. The number of allylic oxidation sites excluding steroid dienone is 3. The Labute approximate surface area is 235 Å². The van der Waals surface area contributed by atoms with Gasteiger partial charge in [0.05, 0.1) is 0 Å². The fraction of sp³-hybridized carbons (Fsp3) is 0.171. The third-order valence-electron chi connectivity index (χ3n) is 7.91. The fourth-order valence-electron chi connectivity index (χ4n) is 5.73. The summed E-state index contributed by atoms with van der Waals surface area (Å²) in [6.07, 6.45) is 1.86. The molecule has 1 heterocycles. The summed E-state index contributed by atoms with van der Waals surface area (Å²) >= 11 is 0. The molecule has 2 nitrogen and oxygen atoms in total. The van der Waals surface area contributed by atoms with Gasteiger partial charge in [0.15, 0.2) is 0 Å². The van der Waals surface area contributed by atoms with Crippen LogP contribution in [0.3, 0.4) is 0 Å². The molecule has 0 saturated heterocycles. The lowest BCUT2D eigenvalue weighted by Crippen LogP contribution is -2.16. The number of aromatic nitrogens is 1. The van der Waals surface area contributed by atoms with E-state index in [-0.39, 0.29) is 0 Å². The van der Waals surface area contributed by atoms with Crippen LogP contribution in [-0.4, -0.2) is 24.6 Å². The Kier molecular flexibility index (Phi) is 7.58. The molecule has 5 aromatic rings. The van der Waals surface area contributed by atoms with Gasteiger partial charge in [-0.1, -0.05) is 72.8 Å². The first kappa shape index (κ1) is 27.3. The first-order valence-corrected chi connectivity index (χ1v) is 13.5. The highest BCUT2D eigenvalue weighted by atomic mass is 19.2. The van der Waals surface area contributed by atoms with Gasteiger partial charge in [-0.15, -0.1) is 0 Å². The van der Waals surface area contributed by atoms with E-state index in [1.165, 1.54) is 27.1 Å². The van der Waals surface area contributed by atoms with Crippen molar-refractivity contribution >= 4 is 46.3 Å². The van der Waals surface area contributed by atoms with Crippen molar-refractivity contribution in [3.8, 4) is 11.1 Å². The van der Waals surface area contributed by atoms with Crippen LogP contribution in [0, 0.1) is 13.8 Å². The maximum Gasteiger partial charge on any atom is 0.677 e. The number of benzene rings is 4. The number of aliphatic imine (C=N–C) groups is 1. The quantitative estimate of drug-likeness (QED) is 0.0900. The number of aryl methyl sites for hydroxylation is 2. The van der Waals surface area contributed by atoms with E-state index in [9.17, 15) is 8.63 Å². The van der Waals surface area contributed by atoms with Gasteiger partial charge in [-0.25, -0.2) is 0 Å². The van der Waals surface area contributed by atoms with E-state index in [0.717, 1.165) is 43.6 Å². The summed E-state index contributed by atoms with van der Waals surface area (Å²) in [6, 6.07) is 29.7. The zero-order valence-electron chi connectivity index (χ0n) is 23.9. The van der Waals surface area contributed by atoms with Gasteiger partial charge in [0.2, 0.25) is 0 Å². The number of nitrogens with zero attached hydrogens (tertiary/aromatic N) is 2. The van der Waals surface area contributed by atoms with Crippen molar-refractivity contribution in [3.05, 3.63) is 119 Å². The van der Waals surface area contributed by atoms with E-state index in [0.29, 0.717) is 11.4 Å². The van der Waals surface area contributed by atoms with Crippen LogP contribution in [0.1, 0.15) is 43.3 Å². The molecule has 5 heteroatoms. The molecule has 0 radical (unpaired) electrons. The predicted octanol–water partition coefficient (Wildman–Crippen LogP) is 9.82. The lowest BCUT2D eigenvalue weighted by Gasteiger charge is -2.16. The summed E-state index contributed by atoms with van der Waals surface area (Å²) in [5.41, 5.74) is 9.16. The maximum atomic E-state index is 13.8. The summed E-state index contributed by atoms with van der Waals surface area (Å²) in [5, 5.41) is 4.87. The molecule has 0 N–H and O–H groups in total. The molecule has 0 bridgehead atoms. The molecule has 200 valence electrons. The van der Waals surface area contributed by atoms with E-state index < -0.39 is 7.40 Å². The highest BCUT2D eigenvalue weighted by Gasteiger charge is 2.23. The van der Waals surface area contributed by atoms with Gasteiger partial charge in [-0.2, -0.15) is 0 Å². The zero-order chi connectivity index (χ0) is 28.6. The second-order valence-electron chi connectivity index (χ2n) is 10.4. The topological polar surface area (TPSA) is 17.3 Å². The van der Waals surface area contributed by atoms with Crippen LogP contribution in [0.25, 0.3) is 44.3 Å². The zero-order valence-corrected chi connectivity index (χ0v) is 23.9. The minimum atomic E-state index is -2.59. The number of rotatable bonds is 6. The van der Waals surface area contributed by atoms with Gasteiger partial charge >= 0.3 is 7.40 Å². The van der Waals surface area contributed by atoms with Crippen molar-refractivity contribution < 1.29 is 8.63 Å². The van der Waals surface area contributed by atoms with Crippen LogP contribution < -0.4 is 0 Å². The van der Waals surface area contributed by atoms with E-state index in [1.54, 1.807) is 20.0 Å². The predicted molar refractivity (Wildman–Crippen MR) is 169 cm³/mol. The van der Waals surface area contributed by atoms with Gasteiger partial charge in [0.1, 0.15) is 0 Å². The maximum absolute atomic E-state index is 13.8. The van der Waals surface area contributed by atoms with Crippen molar-refractivity contribution in [1.82, 2.24) is 4.48 Å². The molecule has 40 heavy (non-hydrogen) atoms. The largest absolute Gasteiger partial charge is 0.677 e. The number of fused-ring (bicyclic) bond motifs is 2. The van der Waals surface area contributed by atoms with Crippen LogP contribution >= 0.6 is 0 Å². The Morgan fingerprint density at radius 1 is 0.800 bits per heavy atom. The summed E-state index contributed by atoms with van der Waals surface area (Å²) < 4.78 is 28.8. The van der Waals surface area contributed by atoms with Gasteiger partial charge in [0, 0.05) is 29.7 Å². The van der Waals surface area contributed by atoms with Gasteiger partial charge in [0.25, 0.3) is 0 Å². The molecule has 1 aromatic heterocycles. The number of halogens is 2. The minimum Gasteiger partial charge on any atom is -0.329 e. The normalized spacial score (nSPS) is 13.2. The lowest BCUT2D eigenvalue weighted by molar-refractivity contribution is 0.624. The van der Waals surface area contributed by atoms with E-state index >= 15 is 0 Å². The average molecular weight is 530 g/mol. The van der Waals surface area contributed by atoms with E-state index in [2.05, 4.69) is 83.9 Å². The van der Waals surface area contributed by atoms with E-state index in [1.807, 2.05) is 33.8 Å². The summed E-state index contributed by atoms with van der Waals surface area (Å²) in [4.78, 5) is 4.51. The van der Waals surface area contributed by atoms with E-state index in [4.69, 9.17) is 0 Å². The average Bonchev–Trinajstić information content (AvgIpc) is 3.24. The molecule has 0 fully saturated rings. The summed E-state index contributed by atoms with van der Waals surface area (Å²) in [6.45, 7) is 9.61. The summed E-state index contributed by atoms with van der Waals surface area (Å²) in [7, 11) is -0.804. The van der Waals surface area contributed by atoms with Gasteiger partial charge in [-0.05, 0) is 108 Å². The van der Waals surface area contributed by atoms with Crippen molar-refractivity contribution in [1.29, 1.82) is 0 Å². The molecule has 0 atom stereocenters. The van der Waals surface area contributed by atoms with Crippen molar-refractivity contribution in [2.75, 3.05) is 7.05 Å². The highest BCUT2D eigenvalue weighted by molar-refractivity contribution is 6.41. The SMILES string of the molecule is CN=C(C)/C(=C(C)\C(C)=C\c1c(C)cc(C)n1B(F)F)c1ccc(-c2c3ccccc3cc3ccccc23)cc1. The molecule has 0 unspecified atom stereocenters. The number of hydrogen-bond acceptors (Lipinski definition) is 1. The lowest BCUT2D eigenvalue weighted by atomic mass is 9.89. The highest BCUT2D eigenvalue weighted by Crippen LogP contribution is 2.37. The second-order valence-corrected chi connectivity index (χ2v) is 10.4. The first-order valence-electron chi connectivity index (χ1n) is 13.5. The Morgan fingerprint density at radius 3 is 1.93 bits per heavy atom. The molecular weight excluding hydrogens is 497 g/mol. The van der Waals surface area contributed by atoms with Crippen LogP contribution in [0.5, 0.6) is 0 Å². The monoisotopic (exact) mass is 530 g/mol. The fourth-order valence-corrected chi connectivity index (χ4v) is 5.73. The molecular formula is C35H33BF2N2. The van der Waals surface area contributed by atoms with Crippen molar-refractivity contribution in [2.24, 2.45) is 4.99 Å². The second kappa shape index (κ2) is 11.1. The van der Waals surface area contributed by atoms with Gasteiger partial charge < -0.3 is 4.48 Å². The summed E-state index contributed by atoms with van der Waals surface area (Å²) in [5.74, 6) is 0. The molecule has 0 aliphatic heterocycles. The Morgan fingerprint density at radius 2 is 1.38 bits per heavy atom. The molecule has 0 spiro atoms. The third kappa shape index (κ3) is 4.92.